The predicted octanol–water partition coefficient (Wildman–Crippen LogP) is 5.05. The van der Waals surface area contributed by atoms with Crippen molar-refractivity contribution < 1.29 is 23.5 Å². The van der Waals surface area contributed by atoms with Gasteiger partial charge in [0.25, 0.3) is 8.32 Å². The van der Waals surface area contributed by atoms with Crippen molar-refractivity contribution in [1.82, 2.24) is 5.32 Å². The topological polar surface area (TPSA) is 73.9 Å². The number of alkyl carbamates (subject to hydrolysis) is 1. The third kappa shape index (κ3) is 7.43. The van der Waals surface area contributed by atoms with Crippen LogP contribution in [-0.2, 0) is 18.7 Å². The van der Waals surface area contributed by atoms with Gasteiger partial charge in [-0.1, -0.05) is 88.4 Å². The van der Waals surface area contributed by atoms with Crippen molar-refractivity contribution in [2.45, 2.75) is 78.0 Å². The number of carbonyl (C=O) groups excluding carboxylic acids is 2. The number of methoxy groups -OCH3 is 1. The number of carbonyl (C=O) groups is 2. The minimum Gasteiger partial charge on any atom is -0.469 e. The van der Waals surface area contributed by atoms with Crippen LogP contribution in [0.15, 0.2) is 60.7 Å². The predicted molar refractivity (Wildman–Crippen MR) is 147 cm³/mol. The van der Waals surface area contributed by atoms with Crippen LogP contribution in [0, 0.1) is 5.92 Å². The van der Waals surface area contributed by atoms with Crippen molar-refractivity contribution in [3.05, 3.63) is 60.7 Å². The molecule has 0 saturated carbocycles. The van der Waals surface area contributed by atoms with Crippen molar-refractivity contribution in [2.75, 3.05) is 13.7 Å². The Morgan fingerprint density at radius 1 is 0.889 bits per heavy atom. The zero-order valence-corrected chi connectivity index (χ0v) is 24.1. The molecule has 0 aliphatic rings. The van der Waals surface area contributed by atoms with E-state index < -0.39 is 32.0 Å². The van der Waals surface area contributed by atoms with Crippen LogP contribution >= 0.6 is 0 Å². The Labute approximate surface area is 217 Å². The molecule has 2 rings (SSSR count). The van der Waals surface area contributed by atoms with Gasteiger partial charge in [0, 0.05) is 12.6 Å². The van der Waals surface area contributed by atoms with Gasteiger partial charge in [-0.2, -0.15) is 0 Å². The summed E-state index contributed by atoms with van der Waals surface area (Å²) in [7, 11) is -1.37. The molecule has 0 fully saturated rings. The molecule has 0 bridgehead atoms. The highest BCUT2D eigenvalue weighted by Gasteiger charge is 2.50. The Kier molecular flexibility index (Phi) is 10.3. The van der Waals surface area contributed by atoms with Crippen LogP contribution in [-0.4, -0.2) is 45.7 Å². The minimum absolute atomic E-state index is 0.170. The summed E-state index contributed by atoms with van der Waals surface area (Å²) in [6, 6.07) is 20.3. The van der Waals surface area contributed by atoms with E-state index in [1.807, 2.05) is 64.1 Å². The summed E-state index contributed by atoms with van der Waals surface area (Å²) in [6.07, 6.45) is 0.407. The highest BCUT2D eigenvalue weighted by molar-refractivity contribution is 6.99. The van der Waals surface area contributed by atoms with Crippen molar-refractivity contribution in [1.29, 1.82) is 0 Å². The van der Waals surface area contributed by atoms with Crippen molar-refractivity contribution in [3.63, 3.8) is 0 Å². The number of esters is 1. The number of benzene rings is 2. The standard InChI is InChI=1S/C29H43NO5Si/c1-9-24(26(31)33-8)25(30-27(32)35-28(2,3)4)20-21-34-36(29(5,6)7,22-16-12-10-13-17-22)23-18-14-11-15-19-23/h10-19,24-25H,9,20-21H2,1-8H3,(H,30,32)/t24-,25+/m1/s1. The van der Waals surface area contributed by atoms with Crippen LogP contribution < -0.4 is 15.7 Å². The smallest absolute Gasteiger partial charge is 0.407 e. The number of amides is 1. The Hall–Kier alpha value is -2.64. The van der Waals surface area contributed by atoms with E-state index in [4.69, 9.17) is 13.9 Å². The van der Waals surface area contributed by atoms with Gasteiger partial charge in [-0.15, -0.1) is 0 Å². The average Bonchev–Trinajstić information content (AvgIpc) is 2.81. The maximum absolute atomic E-state index is 12.6. The molecule has 1 amide bonds. The SMILES string of the molecule is CC[C@@H](C(=O)OC)[C@H](CCO[Si](c1ccccc1)(c1ccccc1)C(C)(C)C)NC(=O)OC(C)(C)C. The molecule has 0 aromatic heterocycles. The summed E-state index contributed by atoms with van der Waals surface area (Å²) in [6.45, 7) is 14.4. The lowest BCUT2D eigenvalue weighted by Gasteiger charge is -2.43. The summed E-state index contributed by atoms with van der Waals surface area (Å²) in [5, 5.41) is 5.11. The van der Waals surface area contributed by atoms with E-state index in [9.17, 15) is 9.59 Å². The van der Waals surface area contributed by atoms with E-state index >= 15 is 0 Å². The molecule has 198 valence electrons. The van der Waals surface area contributed by atoms with Gasteiger partial charge in [0.2, 0.25) is 0 Å². The summed E-state index contributed by atoms with van der Waals surface area (Å²) in [5.41, 5.74) is -0.646. The van der Waals surface area contributed by atoms with Gasteiger partial charge in [-0.05, 0) is 49.0 Å². The fourth-order valence-electron chi connectivity index (χ4n) is 4.70. The Bertz CT molecular complexity index is 927. The van der Waals surface area contributed by atoms with Crippen molar-refractivity contribution >= 4 is 30.8 Å². The number of nitrogens with one attached hydrogen (secondary N) is 1. The first kappa shape index (κ1) is 29.6. The zero-order valence-electron chi connectivity index (χ0n) is 23.1. The van der Waals surface area contributed by atoms with Crippen LogP contribution in [0.3, 0.4) is 0 Å². The van der Waals surface area contributed by atoms with E-state index in [1.165, 1.54) is 17.5 Å². The monoisotopic (exact) mass is 513 g/mol. The van der Waals surface area contributed by atoms with Crippen molar-refractivity contribution in [2.24, 2.45) is 5.92 Å². The Morgan fingerprint density at radius 3 is 1.78 bits per heavy atom. The molecule has 0 aliphatic carbocycles. The highest BCUT2D eigenvalue weighted by Crippen LogP contribution is 2.37. The molecule has 0 unspecified atom stereocenters. The lowest BCUT2D eigenvalue weighted by atomic mass is 9.94. The third-order valence-electron chi connectivity index (χ3n) is 6.30. The van der Waals surface area contributed by atoms with Gasteiger partial charge in [0.15, 0.2) is 0 Å². The van der Waals surface area contributed by atoms with E-state index in [0.29, 0.717) is 19.4 Å². The average molecular weight is 514 g/mol. The summed E-state index contributed by atoms with van der Waals surface area (Å²) in [5.74, 6) is -0.866. The molecular formula is C29H43NO5Si. The molecule has 0 spiro atoms. The number of ether oxygens (including phenoxy) is 2. The molecular weight excluding hydrogens is 470 g/mol. The molecule has 2 aromatic carbocycles. The van der Waals surface area contributed by atoms with Crippen LogP contribution in [0.25, 0.3) is 0 Å². The molecule has 6 nitrogen and oxygen atoms in total. The lowest BCUT2D eigenvalue weighted by Crippen LogP contribution is -2.66. The number of hydrogen-bond acceptors (Lipinski definition) is 5. The van der Waals surface area contributed by atoms with E-state index in [0.717, 1.165) is 0 Å². The summed E-state index contributed by atoms with van der Waals surface area (Å²) in [4.78, 5) is 25.2. The molecule has 0 heterocycles. The second kappa shape index (κ2) is 12.5. The highest BCUT2D eigenvalue weighted by atomic mass is 28.4. The normalized spacial score (nSPS) is 14.0. The molecule has 0 aliphatic heterocycles. The van der Waals surface area contributed by atoms with Crippen LogP contribution in [0.5, 0.6) is 0 Å². The van der Waals surface area contributed by atoms with Gasteiger partial charge >= 0.3 is 12.1 Å². The van der Waals surface area contributed by atoms with Gasteiger partial charge in [-0.25, -0.2) is 4.79 Å². The maximum atomic E-state index is 12.6. The van der Waals surface area contributed by atoms with E-state index in [-0.39, 0.29) is 11.0 Å². The maximum Gasteiger partial charge on any atom is 0.407 e. The molecule has 0 radical (unpaired) electrons. The molecule has 2 atom stereocenters. The summed E-state index contributed by atoms with van der Waals surface area (Å²) < 4.78 is 17.5. The molecule has 1 N–H and O–H groups in total. The molecule has 0 saturated heterocycles. The molecule has 7 heteroatoms. The van der Waals surface area contributed by atoms with E-state index in [1.54, 1.807) is 0 Å². The largest absolute Gasteiger partial charge is 0.469 e. The van der Waals surface area contributed by atoms with Crippen LogP contribution in [0.2, 0.25) is 5.04 Å². The minimum atomic E-state index is -2.73. The fourth-order valence-corrected chi connectivity index (χ4v) is 9.28. The first-order valence-electron chi connectivity index (χ1n) is 12.7. The Morgan fingerprint density at radius 2 is 1.39 bits per heavy atom. The number of rotatable bonds is 10. The van der Waals surface area contributed by atoms with Gasteiger partial charge in [0.05, 0.1) is 13.0 Å². The third-order valence-corrected chi connectivity index (χ3v) is 11.3. The van der Waals surface area contributed by atoms with Crippen LogP contribution in [0.4, 0.5) is 4.79 Å². The number of hydrogen-bond donors (Lipinski definition) is 1. The zero-order chi connectivity index (χ0) is 27.0. The van der Waals surface area contributed by atoms with Gasteiger partial charge in [-0.3, -0.25) is 4.79 Å². The van der Waals surface area contributed by atoms with Crippen LogP contribution in [0.1, 0.15) is 61.3 Å². The fraction of sp³-hybridized carbons (Fsp3) is 0.517. The Balaban J connectivity index is 2.41. The van der Waals surface area contributed by atoms with Gasteiger partial charge in [0.1, 0.15) is 5.60 Å². The van der Waals surface area contributed by atoms with Crippen molar-refractivity contribution in [3.8, 4) is 0 Å². The quantitative estimate of drug-likeness (QED) is 0.356. The summed E-state index contributed by atoms with van der Waals surface area (Å²) >= 11 is 0. The second-order valence-electron chi connectivity index (χ2n) is 11.1. The van der Waals surface area contributed by atoms with Gasteiger partial charge < -0.3 is 19.2 Å². The molecule has 36 heavy (non-hydrogen) atoms. The second-order valence-corrected chi connectivity index (χ2v) is 15.4. The first-order chi connectivity index (χ1) is 16.9. The van der Waals surface area contributed by atoms with E-state index in [2.05, 4.69) is 50.4 Å². The lowest BCUT2D eigenvalue weighted by molar-refractivity contribution is -0.146. The molecule has 2 aromatic rings. The first-order valence-corrected chi connectivity index (χ1v) is 14.6.